The van der Waals surface area contributed by atoms with Crippen LogP contribution in [0.15, 0.2) is 48.0 Å². The van der Waals surface area contributed by atoms with Gasteiger partial charge in [-0.15, -0.1) is 0 Å². The van der Waals surface area contributed by atoms with E-state index in [4.69, 9.17) is 23.2 Å². The number of halogens is 2. The van der Waals surface area contributed by atoms with Crippen molar-refractivity contribution in [1.29, 1.82) is 0 Å². The maximum Gasteiger partial charge on any atom is 0.189 e. The van der Waals surface area contributed by atoms with Crippen molar-refractivity contribution in [1.82, 2.24) is 0 Å². The van der Waals surface area contributed by atoms with E-state index in [1.54, 1.807) is 12.1 Å². The second kappa shape index (κ2) is 6.05. The maximum atomic E-state index is 12.7. The van der Waals surface area contributed by atoms with Crippen LogP contribution < -0.4 is 0 Å². The van der Waals surface area contributed by atoms with Crippen molar-refractivity contribution < 1.29 is 4.79 Å². The summed E-state index contributed by atoms with van der Waals surface area (Å²) in [5.41, 5.74) is 3.70. The van der Waals surface area contributed by atoms with E-state index in [-0.39, 0.29) is 5.78 Å². The molecule has 0 radical (unpaired) electrons. The molecule has 0 aromatic heterocycles. The molecular weight excluding hydrogens is 303 g/mol. The average Bonchev–Trinajstić information content (AvgIpc) is 2.64. The zero-order valence-electron chi connectivity index (χ0n) is 11.4. The van der Waals surface area contributed by atoms with Gasteiger partial charge in [-0.3, -0.25) is 4.79 Å². The van der Waals surface area contributed by atoms with Crippen molar-refractivity contribution in [3.8, 4) is 0 Å². The summed E-state index contributed by atoms with van der Waals surface area (Å²) in [6.45, 7) is 0. The lowest BCUT2D eigenvalue weighted by Crippen LogP contribution is -2.03. The van der Waals surface area contributed by atoms with Crippen LogP contribution in [0.5, 0.6) is 0 Å². The van der Waals surface area contributed by atoms with Crippen molar-refractivity contribution in [2.45, 2.75) is 19.3 Å². The van der Waals surface area contributed by atoms with Crippen LogP contribution in [-0.4, -0.2) is 5.78 Å². The third-order valence-corrected chi connectivity index (χ3v) is 4.47. The van der Waals surface area contributed by atoms with Crippen LogP contribution >= 0.6 is 23.2 Å². The van der Waals surface area contributed by atoms with Crippen LogP contribution in [0.1, 0.15) is 34.3 Å². The van der Waals surface area contributed by atoms with Gasteiger partial charge in [0.2, 0.25) is 0 Å². The Labute approximate surface area is 134 Å². The van der Waals surface area contributed by atoms with E-state index in [9.17, 15) is 4.79 Å². The molecule has 3 rings (SSSR count). The first-order chi connectivity index (χ1) is 10.1. The van der Waals surface area contributed by atoms with Gasteiger partial charge in [0.15, 0.2) is 5.78 Å². The highest BCUT2D eigenvalue weighted by molar-refractivity contribution is 6.42. The Bertz CT molecular complexity index is 732. The number of rotatable bonds is 1. The quantitative estimate of drug-likeness (QED) is 0.494. The molecule has 0 bridgehead atoms. The fourth-order valence-electron chi connectivity index (χ4n) is 2.66. The number of carbonyl (C=O) groups is 1. The minimum absolute atomic E-state index is 0.120. The van der Waals surface area contributed by atoms with Gasteiger partial charge < -0.3 is 0 Å². The highest BCUT2D eigenvalue weighted by atomic mass is 35.5. The minimum atomic E-state index is 0.120. The highest BCUT2D eigenvalue weighted by Gasteiger charge is 2.19. The molecule has 1 aliphatic carbocycles. The molecule has 3 heteroatoms. The Kier molecular flexibility index (Phi) is 4.14. The van der Waals surface area contributed by atoms with Crippen molar-refractivity contribution in [3.05, 3.63) is 74.8 Å². The van der Waals surface area contributed by atoms with Gasteiger partial charge in [0, 0.05) is 11.1 Å². The summed E-state index contributed by atoms with van der Waals surface area (Å²) in [7, 11) is 0. The first kappa shape index (κ1) is 14.4. The maximum absolute atomic E-state index is 12.7. The van der Waals surface area contributed by atoms with Gasteiger partial charge in [-0.2, -0.15) is 0 Å². The summed E-state index contributed by atoms with van der Waals surface area (Å²) in [6, 6.07) is 13.3. The number of benzene rings is 2. The standard InChI is InChI=1S/C18H14Cl2O/c19-16-9-8-12(11-17(16)20)10-14-6-3-5-13-4-1-2-7-15(13)18(14)21/h1-2,4,7-11H,3,5-6H2/b14-10+. The molecule has 0 fully saturated rings. The van der Waals surface area contributed by atoms with E-state index in [0.717, 1.165) is 41.5 Å². The first-order valence-corrected chi connectivity index (χ1v) is 7.69. The van der Waals surface area contributed by atoms with E-state index < -0.39 is 0 Å². The summed E-state index contributed by atoms with van der Waals surface area (Å²) >= 11 is 12.0. The molecule has 0 atom stereocenters. The lowest BCUT2D eigenvalue weighted by atomic mass is 9.98. The fraction of sp³-hybridized carbons (Fsp3) is 0.167. The third-order valence-electron chi connectivity index (χ3n) is 3.73. The lowest BCUT2D eigenvalue weighted by Gasteiger charge is -2.05. The van der Waals surface area contributed by atoms with Crippen LogP contribution in [-0.2, 0) is 6.42 Å². The van der Waals surface area contributed by atoms with Gasteiger partial charge in [0.05, 0.1) is 10.0 Å². The zero-order valence-corrected chi connectivity index (χ0v) is 12.9. The summed E-state index contributed by atoms with van der Waals surface area (Å²) in [6.07, 6.45) is 4.64. The molecule has 0 aliphatic heterocycles. The Hall–Kier alpha value is -1.57. The molecule has 0 N–H and O–H groups in total. The van der Waals surface area contributed by atoms with E-state index >= 15 is 0 Å². The second-order valence-corrected chi connectivity index (χ2v) is 6.00. The van der Waals surface area contributed by atoms with Gasteiger partial charge >= 0.3 is 0 Å². The number of Topliss-reactive ketones (excluding diaryl/α,β-unsaturated/α-hetero) is 1. The Morgan fingerprint density at radius 2 is 1.76 bits per heavy atom. The Morgan fingerprint density at radius 1 is 0.952 bits per heavy atom. The van der Waals surface area contributed by atoms with E-state index in [0.29, 0.717) is 10.0 Å². The van der Waals surface area contributed by atoms with Crippen molar-refractivity contribution in [3.63, 3.8) is 0 Å². The molecular formula is C18H14Cl2O. The van der Waals surface area contributed by atoms with E-state index in [1.165, 1.54) is 0 Å². The smallest absolute Gasteiger partial charge is 0.189 e. The van der Waals surface area contributed by atoms with E-state index in [2.05, 4.69) is 0 Å². The molecule has 2 aromatic carbocycles. The Balaban J connectivity index is 2.00. The molecule has 0 saturated carbocycles. The number of ketones is 1. The molecule has 21 heavy (non-hydrogen) atoms. The van der Waals surface area contributed by atoms with E-state index in [1.807, 2.05) is 36.4 Å². The molecule has 0 saturated heterocycles. The first-order valence-electron chi connectivity index (χ1n) is 6.93. The van der Waals surface area contributed by atoms with Crippen LogP contribution in [0.2, 0.25) is 10.0 Å². The average molecular weight is 317 g/mol. The number of fused-ring (bicyclic) bond motifs is 1. The van der Waals surface area contributed by atoms with Gasteiger partial charge in [-0.05, 0) is 48.6 Å². The van der Waals surface area contributed by atoms with Crippen molar-refractivity contribution in [2.24, 2.45) is 0 Å². The molecule has 0 amide bonds. The predicted molar refractivity (Wildman–Crippen MR) is 88.1 cm³/mol. The molecule has 1 nitrogen and oxygen atoms in total. The van der Waals surface area contributed by atoms with Crippen LogP contribution in [0.25, 0.3) is 6.08 Å². The number of carbonyl (C=O) groups excluding carboxylic acids is 1. The Morgan fingerprint density at radius 3 is 2.57 bits per heavy atom. The van der Waals surface area contributed by atoms with Gasteiger partial charge in [0.1, 0.15) is 0 Å². The molecule has 2 aromatic rings. The van der Waals surface area contributed by atoms with Crippen LogP contribution in [0.4, 0.5) is 0 Å². The van der Waals surface area contributed by atoms with Crippen molar-refractivity contribution in [2.75, 3.05) is 0 Å². The normalized spacial score (nSPS) is 16.7. The lowest BCUT2D eigenvalue weighted by molar-refractivity contribution is 0.103. The second-order valence-electron chi connectivity index (χ2n) is 5.18. The summed E-state index contributed by atoms with van der Waals surface area (Å²) in [5.74, 6) is 0.120. The summed E-state index contributed by atoms with van der Waals surface area (Å²) < 4.78 is 0. The molecule has 106 valence electrons. The van der Waals surface area contributed by atoms with Crippen LogP contribution in [0.3, 0.4) is 0 Å². The SMILES string of the molecule is O=C1/C(=C/c2ccc(Cl)c(Cl)c2)CCCc2ccccc21. The summed E-state index contributed by atoms with van der Waals surface area (Å²) in [5, 5.41) is 1.03. The van der Waals surface area contributed by atoms with Crippen molar-refractivity contribution >= 4 is 35.1 Å². The predicted octanol–water partition coefficient (Wildman–Crippen LogP) is 5.60. The molecule has 0 unspecified atom stereocenters. The molecule has 0 heterocycles. The van der Waals surface area contributed by atoms with Gasteiger partial charge in [0.25, 0.3) is 0 Å². The number of hydrogen-bond acceptors (Lipinski definition) is 1. The largest absolute Gasteiger partial charge is 0.289 e. The highest BCUT2D eigenvalue weighted by Crippen LogP contribution is 2.28. The number of hydrogen-bond donors (Lipinski definition) is 0. The minimum Gasteiger partial charge on any atom is -0.289 e. The van der Waals surface area contributed by atoms with Gasteiger partial charge in [-0.1, -0.05) is 53.5 Å². The van der Waals surface area contributed by atoms with Crippen LogP contribution in [0, 0.1) is 0 Å². The molecule has 1 aliphatic rings. The number of aryl methyl sites for hydroxylation is 1. The molecule has 0 spiro atoms. The number of allylic oxidation sites excluding steroid dienone is 1. The third kappa shape index (κ3) is 3.04. The summed E-state index contributed by atoms with van der Waals surface area (Å²) in [4.78, 5) is 12.7. The zero-order chi connectivity index (χ0) is 14.8. The topological polar surface area (TPSA) is 17.1 Å². The monoisotopic (exact) mass is 316 g/mol. The van der Waals surface area contributed by atoms with Gasteiger partial charge in [-0.25, -0.2) is 0 Å². The fourth-order valence-corrected chi connectivity index (χ4v) is 2.96.